The number of alkyl halides is 3. The SMILES string of the molecule is C#Cc1n[c]c(C)cc1-c1cccc(C(F)(F)F)c1. The molecule has 0 amide bonds. The molecule has 1 nitrogen and oxygen atoms in total. The molecule has 1 heterocycles. The lowest BCUT2D eigenvalue weighted by atomic mass is 10.0. The largest absolute Gasteiger partial charge is 0.416 e. The highest BCUT2D eigenvalue weighted by molar-refractivity contribution is 5.70. The van der Waals surface area contributed by atoms with Crippen LogP contribution in [-0.4, -0.2) is 4.98 Å². The van der Waals surface area contributed by atoms with Crippen LogP contribution < -0.4 is 0 Å². The topological polar surface area (TPSA) is 12.9 Å². The molecule has 0 aliphatic carbocycles. The maximum atomic E-state index is 12.7. The minimum Gasteiger partial charge on any atom is -0.237 e. The van der Waals surface area contributed by atoms with Gasteiger partial charge in [-0.05, 0) is 42.2 Å². The Bertz CT molecular complexity index is 651. The van der Waals surface area contributed by atoms with Gasteiger partial charge in [0.05, 0.1) is 11.8 Å². The van der Waals surface area contributed by atoms with Gasteiger partial charge in [0.15, 0.2) is 0 Å². The average Bonchev–Trinajstić information content (AvgIpc) is 2.38. The molecule has 0 saturated carbocycles. The van der Waals surface area contributed by atoms with Crippen molar-refractivity contribution < 1.29 is 13.2 Å². The van der Waals surface area contributed by atoms with Crippen LogP contribution in [-0.2, 0) is 6.18 Å². The van der Waals surface area contributed by atoms with Crippen LogP contribution in [0.1, 0.15) is 16.8 Å². The fourth-order valence-electron chi connectivity index (χ4n) is 1.71. The van der Waals surface area contributed by atoms with Crippen molar-refractivity contribution in [2.45, 2.75) is 13.1 Å². The second kappa shape index (κ2) is 4.77. The third kappa shape index (κ3) is 2.76. The van der Waals surface area contributed by atoms with Crippen LogP contribution in [0, 0.1) is 25.5 Å². The van der Waals surface area contributed by atoms with Crippen LogP contribution in [0.3, 0.4) is 0 Å². The maximum absolute atomic E-state index is 12.7. The van der Waals surface area contributed by atoms with E-state index < -0.39 is 11.7 Å². The summed E-state index contributed by atoms with van der Waals surface area (Å²) in [6.07, 6.45) is 3.62. The van der Waals surface area contributed by atoms with Crippen molar-refractivity contribution in [2.24, 2.45) is 0 Å². The van der Waals surface area contributed by atoms with Crippen molar-refractivity contribution in [3.8, 4) is 23.5 Å². The van der Waals surface area contributed by atoms with E-state index in [1.807, 2.05) is 0 Å². The first-order valence-corrected chi connectivity index (χ1v) is 5.45. The van der Waals surface area contributed by atoms with Gasteiger partial charge in [0.25, 0.3) is 0 Å². The summed E-state index contributed by atoms with van der Waals surface area (Å²) in [5, 5.41) is 0. The summed E-state index contributed by atoms with van der Waals surface area (Å²) < 4.78 is 38.0. The van der Waals surface area contributed by atoms with Crippen molar-refractivity contribution in [3.05, 3.63) is 53.3 Å². The second-order valence-corrected chi connectivity index (χ2v) is 4.04. The molecule has 0 saturated heterocycles. The second-order valence-electron chi connectivity index (χ2n) is 4.04. The van der Waals surface area contributed by atoms with Gasteiger partial charge < -0.3 is 0 Å². The van der Waals surface area contributed by atoms with Crippen LogP contribution >= 0.6 is 0 Å². The normalized spacial score (nSPS) is 11.1. The third-order valence-electron chi connectivity index (χ3n) is 2.60. The zero-order chi connectivity index (χ0) is 14.0. The zero-order valence-electron chi connectivity index (χ0n) is 10.0. The monoisotopic (exact) mass is 260 g/mol. The molecule has 4 heteroatoms. The maximum Gasteiger partial charge on any atom is 0.416 e. The Hall–Kier alpha value is -2.28. The van der Waals surface area contributed by atoms with E-state index in [4.69, 9.17) is 6.42 Å². The van der Waals surface area contributed by atoms with Crippen LogP contribution in [0.5, 0.6) is 0 Å². The van der Waals surface area contributed by atoms with Gasteiger partial charge in [-0.15, -0.1) is 6.42 Å². The number of hydrogen-bond acceptors (Lipinski definition) is 1. The summed E-state index contributed by atoms with van der Waals surface area (Å²) in [5.41, 5.74) is 1.19. The first-order chi connectivity index (χ1) is 8.91. The lowest BCUT2D eigenvalue weighted by molar-refractivity contribution is -0.137. The van der Waals surface area contributed by atoms with E-state index in [0.717, 1.165) is 12.1 Å². The quantitative estimate of drug-likeness (QED) is 0.709. The molecule has 1 aromatic carbocycles. The minimum absolute atomic E-state index is 0.282. The number of rotatable bonds is 1. The summed E-state index contributed by atoms with van der Waals surface area (Å²) in [5.74, 6) is 2.36. The van der Waals surface area contributed by atoms with Crippen LogP contribution in [0.15, 0.2) is 30.3 Å². The molecule has 0 aliphatic rings. The molecule has 0 spiro atoms. The Kier molecular flexibility index (Phi) is 3.30. The van der Waals surface area contributed by atoms with E-state index in [1.54, 1.807) is 19.1 Å². The Morgan fingerprint density at radius 2 is 2.00 bits per heavy atom. The Balaban J connectivity index is 2.60. The van der Waals surface area contributed by atoms with E-state index >= 15 is 0 Å². The van der Waals surface area contributed by atoms with Gasteiger partial charge in [-0.1, -0.05) is 12.1 Å². The number of benzene rings is 1. The van der Waals surface area contributed by atoms with Crippen molar-refractivity contribution >= 4 is 0 Å². The fourth-order valence-corrected chi connectivity index (χ4v) is 1.71. The summed E-state index contributed by atoms with van der Waals surface area (Å²) in [6, 6.07) is 6.69. The third-order valence-corrected chi connectivity index (χ3v) is 2.60. The van der Waals surface area contributed by atoms with Gasteiger partial charge in [-0.25, -0.2) is 4.98 Å². The first kappa shape index (κ1) is 13.2. The molecule has 2 rings (SSSR count). The van der Waals surface area contributed by atoms with Gasteiger partial charge in [0.2, 0.25) is 0 Å². The van der Waals surface area contributed by atoms with Gasteiger partial charge in [0.1, 0.15) is 5.69 Å². The van der Waals surface area contributed by atoms with E-state index in [2.05, 4.69) is 17.1 Å². The minimum atomic E-state index is -4.38. The van der Waals surface area contributed by atoms with Crippen molar-refractivity contribution in [2.75, 3.05) is 0 Å². The van der Waals surface area contributed by atoms with Crippen molar-refractivity contribution in [1.29, 1.82) is 0 Å². The Morgan fingerprint density at radius 3 is 2.63 bits per heavy atom. The Morgan fingerprint density at radius 1 is 1.26 bits per heavy atom. The molecule has 0 aliphatic heterocycles. The highest BCUT2D eigenvalue weighted by Crippen LogP contribution is 2.32. The van der Waals surface area contributed by atoms with Crippen LogP contribution in [0.25, 0.3) is 11.1 Å². The molecule has 0 N–H and O–H groups in total. The number of aryl methyl sites for hydroxylation is 1. The van der Waals surface area contributed by atoms with Gasteiger partial charge in [-0.2, -0.15) is 13.2 Å². The smallest absolute Gasteiger partial charge is 0.237 e. The predicted octanol–water partition coefficient (Wildman–Crippen LogP) is 3.86. The number of terminal acetylenes is 1. The molecule has 0 atom stereocenters. The lowest BCUT2D eigenvalue weighted by Gasteiger charge is -2.10. The predicted molar refractivity (Wildman–Crippen MR) is 66.2 cm³/mol. The molecule has 0 fully saturated rings. The molecule has 0 bridgehead atoms. The number of pyridine rings is 1. The lowest BCUT2D eigenvalue weighted by Crippen LogP contribution is -2.04. The van der Waals surface area contributed by atoms with Gasteiger partial charge in [0, 0.05) is 5.56 Å². The molecule has 19 heavy (non-hydrogen) atoms. The van der Waals surface area contributed by atoms with E-state index in [0.29, 0.717) is 16.7 Å². The summed E-state index contributed by atoms with van der Waals surface area (Å²) >= 11 is 0. The van der Waals surface area contributed by atoms with E-state index in [9.17, 15) is 13.2 Å². The summed E-state index contributed by atoms with van der Waals surface area (Å²) in [6.45, 7) is 1.75. The fraction of sp³-hybridized carbons (Fsp3) is 0.133. The number of halogens is 3. The number of aromatic nitrogens is 1. The zero-order valence-corrected chi connectivity index (χ0v) is 10.0. The van der Waals surface area contributed by atoms with E-state index in [-0.39, 0.29) is 5.69 Å². The van der Waals surface area contributed by atoms with Crippen molar-refractivity contribution in [3.63, 3.8) is 0 Å². The van der Waals surface area contributed by atoms with E-state index in [1.165, 1.54) is 6.07 Å². The molecule has 0 unspecified atom stereocenters. The van der Waals surface area contributed by atoms with Gasteiger partial charge >= 0.3 is 6.18 Å². The number of hydrogen-bond donors (Lipinski definition) is 0. The Labute approximate surface area is 109 Å². The van der Waals surface area contributed by atoms with Crippen LogP contribution in [0.2, 0.25) is 0 Å². The molecule has 1 radical (unpaired) electrons. The standard InChI is InChI=1S/C15H9F3N/c1-3-14-13(7-10(2)9-19-14)11-5-4-6-12(8-11)15(16,17)18/h1,4-8H,2H3. The first-order valence-electron chi connectivity index (χ1n) is 5.45. The average molecular weight is 260 g/mol. The highest BCUT2D eigenvalue weighted by Gasteiger charge is 2.30. The molecule has 2 aromatic rings. The molecular weight excluding hydrogens is 251 g/mol. The summed E-state index contributed by atoms with van der Waals surface area (Å²) in [4.78, 5) is 3.92. The highest BCUT2D eigenvalue weighted by atomic mass is 19.4. The summed E-state index contributed by atoms with van der Waals surface area (Å²) in [7, 11) is 0. The van der Waals surface area contributed by atoms with Crippen LogP contribution in [0.4, 0.5) is 13.2 Å². The van der Waals surface area contributed by atoms with Crippen molar-refractivity contribution in [1.82, 2.24) is 4.98 Å². The number of nitrogens with zero attached hydrogens (tertiary/aromatic N) is 1. The molecule has 1 aromatic heterocycles. The molecule has 95 valence electrons. The van der Waals surface area contributed by atoms with Gasteiger partial charge in [-0.3, -0.25) is 0 Å². The molecular formula is C15H9F3N.